The van der Waals surface area contributed by atoms with Crippen LogP contribution < -0.4 is 10.6 Å². The lowest BCUT2D eigenvalue weighted by atomic mass is 10.4. The highest BCUT2D eigenvalue weighted by Gasteiger charge is 2.09. The lowest BCUT2D eigenvalue weighted by Crippen LogP contribution is -2.34. The Morgan fingerprint density at radius 2 is 2.50 bits per heavy atom. The molecule has 2 N–H and O–H groups in total. The van der Waals surface area contributed by atoms with Gasteiger partial charge >= 0.3 is 6.03 Å². The molecule has 0 spiro atoms. The van der Waals surface area contributed by atoms with E-state index < -0.39 is 0 Å². The predicted octanol–water partition coefficient (Wildman–Crippen LogP) is 1.13. The van der Waals surface area contributed by atoms with Crippen molar-refractivity contribution in [1.82, 2.24) is 15.6 Å². The summed E-state index contributed by atoms with van der Waals surface area (Å²) in [6, 6.07) is -0.206. The molecule has 1 aromatic rings. The third-order valence-electron chi connectivity index (χ3n) is 1.40. The van der Waals surface area contributed by atoms with Gasteiger partial charge in [0, 0.05) is 18.6 Å². The van der Waals surface area contributed by atoms with Crippen LogP contribution in [0.1, 0.15) is 18.0 Å². The number of thiazole rings is 1. The van der Waals surface area contributed by atoms with Crippen LogP contribution in [-0.4, -0.2) is 18.1 Å². The van der Waals surface area contributed by atoms with Gasteiger partial charge in [0.05, 0.1) is 6.04 Å². The average Bonchev–Trinajstić information content (AvgIpc) is 2.56. The Morgan fingerprint density at radius 1 is 1.75 bits per heavy atom. The van der Waals surface area contributed by atoms with Crippen LogP contribution in [0.3, 0.4) is 0 Å². The summed E-state index contributed by atoms with van der Waals surface area (Å²) >= 11 is 1.53. The van der Waals surface area contributed by atoms with Gasteiger partial charge in [0.15, 0.2) is 0 Å². The van der Waals surface area contributed by atoms with Crippen molar-refractivity contribution in [3.05, 3.63) is 16.6 Å². The molecule has 0 bridgehead atoms. The molecule has 0 saturated carbocycles. The second-order valence-corrected chi connectivity index (χ2v) is 3.24. The van der Waals surface area contributed by atoms with Crippen molar-refractivity contribution in [3.63, 3.8) is 0 Å². The van der Waals surface area contributed by atoms with Crippen molar-refractivity contribution in [2.75, 3.05) is 7.05 Å². The molecular formula is C7H11N3OS. The van der Waals surface area contributed by atoms with E-state index in [0.717, 1.165) is 5.01 Å². The Labute approximate surface area is 75.0 Å². The van der Waals surface area contributed by atoms with Gasteiger partial charge in [0.25, 0.3) is 0 Å². The quantitative estimate of drug-likeness (QED) is 0.725. The summed E-state index contributed by atoms with van der Waals surface area (Å²) in [5.41, 5.74) is 0. The maximum absolute atomic E-state index is 10.9. The fourth-order valence-electron chi connectivity index (χ4n) is 0.779. The normalized spacial score (nSPS) is 12.2. The molecule has 0 aromatic carbocycles. The lowest BCUT2D eigenvalue weighted by Gasteiger charge is -2.09. The topological polar surface area (TPSA) is 54.0 Å². The average molecular weight is 185 g/mol. The van der Waals surface area contributed by atoms with Crippen molar-refractivity contribution >= 4 is 17.4 Å². The van der Waals surface area contributed by atoms with E-state index in [1.54, 1.807) is 13.2 Å². The molecular weight excluding hydrogens is 174 g/mol. The number of carbonyl (C=O) groups is 1. The van der Waals surface area contributed by atoms with Crippen LogP contribution in [0.25, 0.3) is 0 Å². The van der Waals surface area contributed by atoms with Gasteiger partial charge in [-0.1, -0.05) is 0 Å². The van der Waals surface area contributed by atoms with Crippen LogP contribution in [-0.2, 0) is 0 Å². The maximum Gasteiger partial charge on any atom is 0.315 e. The van der Waals surface area contributed by atoms with E-state index in [-0.39, 0.29) is 12.1 Å². The molecule has 66 valence electrons. The Hall–Kier alpha value is -1.10. The monoisotopic (exact) mass is 185 g/mol. The molecule has 1 aromatic heterocycles. The Balaban J connectivity index is 2.49. The second kappa shape index (κ2) is 4.06. The largest absolute Gasteiger partial charge is 0.341 e. The number of hydrogen-bond acceptors (Lipinski definition) is 3. The molecule has 0 radical (unpaired) electrons. The molecule has 0 saturated heterocycles. The van der Waals surface area contributed by atoms with Crippen molar-refractivity contribution in [2.45, 2.75) is 13.0 Å². The fraction of sp³-hybridized carbons (Fsp3) is 0.429. The van der Waals surface area contributed by atoms with E-state index in [9.17, 15) is 4.79 Å². The highest BCUT2D eigenvalue weighted by atomic mass is 32.1. The zero-order valence-electron chi connectivity index (χ0n) is 7.00. The minimum atomic E-state index is -0.183. The third kappa shape index (κ3) is 2.20. The summed E-state index contributed by atoms with van der Waals surface area (Å²) in [7, 11) is 1.59. The zero-order chi connectivity index (χ0) is 8.97. The number of hydrogen-bond donors (Lipinski definition) is 2. The molecule has 1 atom stereocenters. The molecule has 2 amide bonds. The van der Waals surface area contributed by atoms with E-state index in [0.29, 0.717) is 0 Å². The summed E-state index contributed by atoms with van der Waals surface area (Å²) < 4.78 is 0. The molecule has 1 heterocycles. The van der Waals surface area contributed by atoms with Gasteiger partial charge in [0.2, 0.25) is 0 Å². The zero-order valence-corrected chi connectivity index (χ0v) is 7.81. The molecule has 0 fully saturated rings. The number of carbonyl (C=O) groups excluding carboxylic acids is 1. The smallest absolute Gasteiger partial charge is 0.315 e. The number of nitrogens with zero attached hydrogens (tertiary/aromatic N) is 1. The van der Waals surface area contributed by atoms with Gasteiger partial charge < -0.3 is 10.6 Å². The first-order chi connectivity index (χ1) is 5.74. The SMILES string of the molecule is CNC(=O)NC(C)c1nccs1. The Kier molecular flexibility index (Phi) is 3.04. The van der Waals surface area contributed by atoms with Gasteiger partial charge in [-0.25, -0.2) is 9.78 Å². The summed E-state index contributed by atoms with van der Waals surface area (Å²) in [4.78, 5) is 15.0. The van der Waals surface area contributed by atoms with Gasteiger partial charge in [-0.05, 0) is 6.92 Å². The van der Waals surface area contributed by atoms with E-state index in [1.807, 2.05) is 12.3 Å². The first-order valence-corrected chi connectivity index (χ1v) is 4.49. The van der Waals surface area contributed by atoms with Crippen LogP contribution in [0.2, 0.25) is 0 Å². The summed E-state index contributed by atoms with van der Waals surface area (Å²) in [6.07, 6.45) is 1.72. The summed E-state index contributed by atoms with van der Waals surface area (Å²) in [5, 5.41) is 8.02. The molecule has 5 heteroatoms. The number of aromatic nitrogens is 1. The van der Waals surface area contributed by atoms with Crippen LogP contribution >= 0.6 is 11.3 Å². The predicted molar refractivity (Wildman–Crippen MR) is 48.1 cm³/mol. The molecule has 12 heavy (non-hydrogen) atoms. The number of amides is 2. The maximum atomic E-state index is 10.9. The number of urea groups is 1. The van der Waals surface area contributed by atoms with Crippen molar-refractivity contribution in [3.8, 4) is 0 Å². The van der Waals surface area contributed by atoms with Crippen LogP contribution in [0.5, 0.6) is 0 Å². The highest BCUT2D eigenvalue weighted by Crippen LogP contribution is 2.13. The number of nitrogens with one attached hydrogen (secondary N) is 2. The molecule has 1 unspecified atom stereocenters. The fourth-order valence-corrected chi connectivity index (χ4v) is 1.42. The van der Waals surface area contributed by atoms with Gasteiger partial charge in [-0.2, -0.15) is 0 Å². The first kappa shape index (κ1) is 8.99. The minimum Gasteiger partial charge on any atom is -0.341 e. The minimum absolute atomic E-state index is 0.0232. The highest BCUT2D eigenvalue weighted by molar-refractivity contribution is 7.09. The standard InChI is InChI=1S/C7H11N3OS/c1-5(10-7(11)8-2)6-9-3-4-12-6/h3-5H,1-2H3,(H2,8,10,11). The van der Waals surface area contributed by atoms with Crippen molar-refractivity contribution < 1.29 is 4.79 Å². The van der Waals surface area contributed by atoms with Gasteiger partial charge in [-0.3, -0.25) is 0 Å². The van der Waals surface area contributed by atoms with Crippen molar-refractivity contribution in [1.29, 1.82) is 0 Å². The number of rotatable bonds is 2. The Bertz CT molecular complexity index is 247. The lowest BCUT2D eigenvalue weighted by molar-refractivity contribution is 0.240. The van der Waals surface area contributed by atoms with Crippen molar-refractivity contribution in [2.24, 2.45) is 0 Å². The van der Waals surface area contributed by atoms with Crippen LogP contribution in [0, 0.1) is 0 Å². The van der Waals surface area contributed by atoms with E-state index in [1.165, 1.54) is 11.3 Å². The van der Waals surface area contributed by atoms with Crippen LogP contribution in [0.4, 0.5) is 4.79 Å². The van der Waals surface area contributed by atoms with Crippen LogP contribution in [0.15, 0.2) is 11.6 Å². The second-order valence-electron chi connectivity index (χ2n) is 2.32. The van der Waals surface area contributed by atoms with Gasteiger partial charge in [-0.15, -0.1) is 11.3 Å². The molecule has 0 aliphatic rings. The summed E-state index contributed by atoms with van der Waals surface area (Å²) in [5.74, 6) is 0. The third-order valence-corrected chi connectivity index (χ3v) is 2.35. The first-order valence-electron chi connectivity index (χ1n) is 3.61. The van der Waals surface area contributed by atoms with E-state index in [4.69, 9.17) is 0 Å². The summed E-state index contributed by atoms with van der Waals surface area (Å²) in [6.45, 7) is 1.90. The molecule has 0 aliphatic heterocycles. The van der Waals surface area contributed by atoms with E-state index >= 15 is 0 Å². The molecule has 4 nitrogen and oxygen atoms in total. The molecule has 1 rings (SSSR count). The van der Waals surface area contributed by atoms with Gasteiger partial charge in [0.1, 0.15) is 5.01 Å². The Morgan fingerprint density at radius 3 is 3.00 bits per heavy atom. The molecule has 0 aliphatic carbocycles. The van der Waals surface area contributed by atoms with E-state index in [2.05, 4.69) is 15.6 Å².